The molecule has 4 aromatic rings. The second kappa shape index (κ2) is 8.84. The van der Waals surface area contributed by atoms with Crippen molar-refractivity contribution >= 4 is 39.4 Å². The number of nitrogens with zero attached hydrogens (tertiary/aromatic N) is 4. The van der Waals surface area contributed by atoms with Gasteiger partial charge in [0.05, 0.1) is 0 Å². The first-order chi connectivity index (χ1) is 15.7. The number of para-hydroxylation sites is 1. The van der Waals surface area contributed by atoms with Gasteiger partial charge in [0, 0.05) is 29.2 Å². The maximum atomic E-state index is 13.2. The summed E-state index contributed by atoms with van der Waals surface area (Å²) in [5.41, 5.74) is 1.92. The minimum Gasteiger partial charge on any atom is -0.342 e. The van der Waals surface area contributed by atoms with Crippen LogP contribution in [0.2, 0.25) is 0 Å². The fourth-order valence-corrected chi connectivity index (χ4v) is 3.77. The van der Waals surface area contributed by atoms with Crippen LogP contribution < -0.4 is 5.32 Å². The van der Waals surface area contributed by atoms with Gasteiger partial charge in [-0.1, -0.05) is 41.7 Å². The lowest BCUT2D eigenvalue weighted by Gasteiger charge is -2.05. The molecule has 0 fully saturated rings. The number of anilines is 1. The van der Waals surface area contributed by atoms with Gasteiger partial charge in [0.15, 0.2) is 0 Å². The zero-order chi connectivity index (χ0) is 23.6. The van der Waals surface area contributed by atoms with E-state index in [0.29, 0.717) is 12.1 Å². The molecule has 2 aromatic carbocycles. The number of alkyl halides is 3. The summed E-state index contributed by atoms with van der Waals surface area (Å²) in [4.78, 5) is 12.5. The predicted octanol–water partition coefficient (Wildman–Crippen LogP) is 5.24. The van der Waals surface area contributed by atoms with Gasteiger partial charge in [-0.3, -0.25) is 10.1 Å². The maximum absolute atomic E-state index is 13.2. The van der Waals surface area contributed by atoms with Crippen LogP contribution in [0.4, 0.5) is 22.7 Å². The molecule has 0 saturated heterocycles. The van der Waals surface area contributed by atoms with E-state index in [1.165, 1.54) is 18.2 Å². The minimum absolute atomic E-state index is 0.165. The quantitative estimate of drug-likeness (QED) is 0.245. The zero-order valence-electron chi connectivity index (χ0n) is 16.6. The van der Waals surface area contributed by atoms with Crippen molar-refractivity contribution in [3.63, 3.8) is 0 Å². The van der Waals surface area contributed by atoms with E-state index < -0.39 is 17.1 Å². The second-order valence-corrected chi connectivity index (χ2v) is 7.87. The van der Waals surface area contributed by atoms with Crippen LogP contribution in [0.5, 0.6) is 0 Å². The number of fused-ring (bicyclic) bond motifs is 1. The molecule has 0 radical (unpaired) electrons. The maximum Gasteiger partial charge on any atom is 0.445 e. The van der Waals surface area contributed by atoms with Crippen molar-refractivity contribution in [1.29, 1.82) is 5.26 Å². The number of hydrogen-bond acceptors (Lipinski definition) is 5. The standard InChI is InChI=1S/C22H13F4N5OS/c23-16-7-5-13(6-8-16)11-31-12-15(17-3-1-2-4-18(17)31)9-14(10-27)19(32)28-21-30-29-20(33-21)22(24,25)26/h1-9,12H,11H2,(H,28,30,32). The first-order valence-electron chi connectivity index (χ1n) is 9.41. The van der Waals surface area contributed by atoms with Crippen LogP contribution in [-0.2, 0) is 17.5 Å². The van der Waals surface area contributed by atoms with Crippen molar-refractivity contribution in [2.45, 2.75) is 12.7 Å². The molecular formula is C22H13F4N5OS. The molecule has 0 spiro atoms. The molecule has 33 heavy (non-hydrogen) atoms. The third-order valence-electron chi connectivity index (χ3n) is 4.64. The second-order valence-electron chi connectivity index (χ2n) is 6.89. The number of aromatic nitrogens is 3. The molecule has 0 unspecified atom stereocenters. The lowest BCUT2D eigenvalue weighted by molar-refractivity contribution is -0.138. The molecule has 0 aliphatic rings. The summed E-state index contributed by atoms with van der Waals surface area (Å²) < 4.78 is 53.2. The van der Waals surface area contributed by atoms with E-state index in [2.05, 4.69) is 15.5 Å². The van der Waals surface area contributed by atoms with Gasteiger partial charge in [-0.25, -0.2) is 4.39 Å². The number of carbonyl (C=O) groups excluding carboxylic acids is 1. The van der Waals surface area contributed by atoms with Gasteiger partial charge in [0.2, 0.25) is 10.1 Å². The Morgan fingerprint density at radius 1 is 1.15 bits per heavy atom. The Labute approximate surface area is 188 Å². The highest BCUT2D eigenvalue weighted by Crippen LogP contribution is 2.33. The Hall–Kier alpha value is -4.04. The van der Waals surface area contributed by atoms with Crippen molar-refractivity contribution in [2.24, 2.45) is 0 Å². The van der Waals surface area contributed by atoms with Crippen LogP contribution in [0, 0.1) is 17.1 Å². The summed E-state index contributed by atoms with van der Waals surface area (Å²) in [7, 11) is 0. The van der Waals surface area contributed by atoms with Gasteiger partial charge in [0.25, 0.3) is 5.91 Å². The van der Waals surface area contributed by atoms with Crippen LogP contribution in [-0.4, -0.2) is 20.7 Å². The Bertz CT molecular complexity index is 1400. The molecule has 6 nitrogen and oxygen atoms in total. The molecule has 1 amide bonds. The van der Waals surface area contributed by atoms with E-state index in [1.807, 2.05) is 22.8 Å². The molecule has 1 N–H and O–H groups in total. The zero-order valence-corrected chi connectivity index (χ0v) is 17.4. The largest absolute Gasteiger partial charge is 0.445 e. The molecule has 0 bridgehead atoms. The molecule has 4 rings (SSSR count). The van der Waals surface area contributed by atoms with Crippen LogP contribution in [0.3, 0.4) is 0 Å². The number of nitrogens with one attached hydrogen (secondary N) is 1. The van der Waals surface area contributed by atoms with Crippen LogP contribution >= 0.6 is 11.3 Å². The molecule has 11 heteroatoms. The fourth-order valence-electron chi connectivity index (χ4n) is 3.16. The molecule has 2 heterocycles. The summed E-state index contributed by atoms with van der Waals surface area (Å²) in [6.07, 6.45) is -1.59. The van der Waals surface area contributed by atoms with Gasteiger partial charge in [-0.15, -0.1) is 10.2 Å². The molecule has 2 aromatic heterocycles. The third kappa shape index (κ3) is 4.91. The monoisotopic (exact) mass is 471 g/mol. The number of benzene rings is 2. The minimum atomic E-state index is -4.68. The van der Waals surface area contributed by atoms with E-state index >= 15 is 0 Å². The normalized spacial score (nSPS) is 12.0. The molecule has 166 valence electrons. The van der Waals surface area contributed by atoms with E-state index in [1.54, 1.807) is 30.5 Å². The molecular weight excluding hydrogens is 458 g/mol. The fraction of sp³-hybridized carbons (Fsp3) is 0.0909. The highest BCUT2D eigenvalue weighted by molar-refractivity contribution is 7.15. The van der Waals surface area contributed by atoms with E-state index in [9.17, 15) is 27.6 Å². The van der Waals surface area contributed by atoms with Gasteiger partial charge < -0.3 is 4.57 Å². The Kier molecular flexibility index (Phi) is 5.93. The SMILES string of the molecule is N#CC(=Cc1cn(Cc2ccc(F)cc2)c2ccccc12)C(=O)Nc1nnc(C(F)(F)F)s1. The first kappa shape index (κ1) is 22.2. The lowest BCUT2D eigenvalue weighted by atomic mass is 10.1. The summed E-state index contributed by atoms with van der Waals surface area (Å²) in [6, 6.07) is 15.1. The molecule has 0 saturated carbocycles. The topological polar surface area (TPSA) is 83.6 Å². The average Bonchev–Trinajstić information content (AvgIpc) is 3.39. The van der Waals surface area contributed by atoms with E-state index in [0.717, 1.165) is 16.5 Å². The van der Waals surface area contributed by atoms with Crippen LogP contribution in [0.25, 0.3) is 17.0 Å². The van der Waals surface area contributed by atoms with Crippen molar-refractivity contribution in [1.82, 2.24) is 14.8 Å². The van der Waals surface area contributed by atoms with E-state index in [4.69, 9.17) is 0 Å². The number of halogens is 4. The summed E-state index contributed by atoms with van der Waals surface area (Å²) in [5, 5.41) is 17.1. The van der Waals surface area contributed by atoms with Crippen LogP contribution in [0.1, 0.15) is 16.1 Å². The number of carbonyl (C=O) groups is 1. The molecule has 0 aliphatic heterocycles. The van der Waals surface area contributed by atoms with Crippen molar-refractivity contribution in [3.05, 3.63) is 82.3 Å². The summed E-state index contributed by atoms with van der Waals surface area (Å²) in [5.74, 6) is -1.25. The van der Waals surface area contributed by atoms with Crippen molar-refractivity contribution in [3.8, 4) is 6.07 Å². The number of rotatable bonds is 5. The number of nitriles is 1. The molecule has 0 atom stereocenters. The van der Waals surface area contributed by atoms with Crippen molar-refractivity contribution in [2.75, 3.05) is 5.32 Å². The Balaban J connectivity index is 1.63. The smallest absolute Gasteiger partial charge is 0.342 e. The number of hydrogen-bond donors (Lipinski definition) is 1. The van der Waals surface area contributed by atoms with E-state index in [-0.39, 0.29) is 27.9 Å². The van der Waals surface area contributed by atoms with Gasteiger partial charge in [-0.2, -0.15) is 18.4 Å². The highest BCUT2D eigenvalue weighted by atomic mass is 32.1. The highest BCUT2D eigenvalue weighted by Gasteiger charge is 2.35. The average molecular weight is 471 g/mol. The number of amides is 1. The van der Waals surface area contributed by atoms with Gasteiger partial charge in [-0.05, 0) is 29.8 Å². The Morgan fingerprint density at radius 3 is 2.55 bits per heavy atom. The lowest BCUT2D eigenvalue weighted by Crippen LogP contribution is -2.13. The van der Waals surface area contributed by atoms with Crippen LogP contribution in [0.15, 0.2) is 60.3 Å². The first-order valence-corrected chi connectivity index (χ1v) is 10.2. The third-order valence-corrected chi connectivity index (χ3v) is 5.52. The van der Waals surface area contributed by atoms with Crippen molar-refractivity contribution < 1.29 is 22.4 Å². The predicted molar refractivity (Wildman–Crippen MR) is 115 cm³/mol. The Morgan fingerprint density at radius 2 is 1.88 bits per heavy atom. The summed E-state index contributed by atoms with van der Waals surface area (Å²) >= 11 is 0.165. The van der Waals surface area contributed by atoms with Gasteiger partial charge >= 0.3 is 6.18 Å². The van der Waals surface area contributed by atoms with Gasteiger partial charge in [0.1, 0.15) is 17.5 Å². The summed E-state index contributed by atoms with van der Waals surface area (Å²) in [6.45, 7) is 0.424. The molecule has 0 aliphatic carbocycles.